The number of sulfonamides is 2. The molecule has 372 valence electrons. The van der Waals surface area contributed by atoms with Crippen molar-refractivity contribution in [2.24, 2.45) is 0 Å². The van der Waals surface area contributed by atoms with Crippen LogP contribution in [0.15, 0.2) is 36.4 Å². The Morgan fingerprint density at radius 3 is 1.64 bits per heavy atom. The van der Waals surface area contributed by atoms with Gasteiger partial charge in [0.15, 0.2) is 11.3 Å². The van der Waals surface area contributed by atoms with Crippen LogP contribution < -0.4 is 25.4 Å². The number of rotatable bonds is 10. The first-order valence-corrected chi connectivity index (χ1v) is 26.9. The molecule has 1 amide bonds. The Bertz CT molecular complexity index is 3150. The number of carbonyl (C=O) groups excluding carboxylic acids is 1. The third kappa shape index (κ3) is 12.4. The summed E-state index contributed by atoms with van der Waals surface area (Å²) in [5.41, 5.74) is 8.99. The monoisotopic (exact) mass is 1030 g/mol. The minimum absolute atomic E-state index is 0.0411. The number of likely N-dealkylation sites (tertiary alicyclic amines) is 1. The number of carbonyl (C=O) groups is 2. The molecule has 19 nitrogen and oxygen atoms in total. The lowest BCUT2D eigenvalue weighted by atomic mass is 9.97. The van der Waals surface area contributed by atoms with E-state index in [-0.39, 0.29) is 39.5 Å². The van der Waals surface area contributed by atoms with Gasteiger partial charge < -0.3 is 26.0 Å². The fourth-order valence-electron chi connectivity index (χ4n) is 8.56. The summed E-state index contributed by atoms with van der Waals surface area (Å²) in [5.74, 6) is 0.363. The molecule has 0 saturated carbocycles. The van der Waals surface area contributed by atoms with Crippen LogP contribution in [0.25, 0.3) is 11.3 Å². The van der Waals surface area contributed by atoms with Crippen molar-refractivity contribution >= 4 is 89.4 Å². The Hall–Kier alpha value is -5.74. The Kier molecular flexibility index (Phi) is 16.4. The summed E-state index contributed by atoms with van der Waals surface area (Å²) in [6.07, 6.45) is 8.27. The molecular formula is C46H60Cl2N12O7S2. The van der Waals surface area contributed by atoms with E-state index in [4.69, 9.17) is 38.5 Å². The van der Waals surface area contributed by atoms with Gasteiger partial charge in [0, 0.05) is 65.3 Å². The smallest absolute Gasteiger partial charge is 0.337 e. The van der Waals surface area contributed by atoms with Crippen molar-refractivity contribution in [1.82, 2.24) is 39.4 Å². The Morgan fingerprint density at radius 1 is 0.681 bits per heavy atom. The molecule has 6 aromatic rings. The predicted octanol–water partition coefficient (Wildman–Crippen LogP) is 8.01. The molecule has 2 aromatic carbocycles. The van der Waals surface area contributed by atoms with E-state index in [9.17, 15) is 26.4 Å². The van der Waals surface area contributed by atoms with Crippen molar-refractivity contribution < 1.29 is 31.5 Å². The van der Waals surface area contributed by atoms with Gasteiger partial charge in [-0.3, -0.25) is 14.2 Å². The number of halogens is 2. The van der Waals surface area contributed by atoms with Gasteiger partial charge in [-0.2, -0.15) is 19.2 Å². The fraction of sp³-hybridized carbons (Fsp3) is 0.435. The van der Waals surface area contributed by atoms with Gasteiger partial charge in [-0.25, -0.2) is 31.6 Å². The number of piperidine rings is 2. The summed E-state index contributed by atoms with van der Waals surface area (Å²) >= 11 is 12.0. The van der Waals surface area contributed by atoms with Crippen LogP contribution in [0.2, 0.25) is 10.0 Å². The third-order valence-corrected chi connectivity index (χ3v) is 13.7. The second-order valence-corrected chi connectivity index (χ2v) is 21.7. The van der Waals surface area contributed by atoms with Crippen molar-refractivity contribution in [2.75, 3.05) is 59.8 Å². The average molecular weight is 1030 g/mol. The van der Waals surface area contributed by atoms with E-state index in [1.165, 1.54) is 31.0 Å². The topological polar surface area (TPSA) is 246 Å². The molecule has 69 heavy (non-hydrogen) atoms. The van der Waals surface area contributed by atoms with Gasteiger partial charge in [0.25, 0.3) is 5.91 Å². The molecule has 6 heterocycles. The second-order valence-electron chi connectivity index (χ2n) is 17.4. The van der Waals surface area contributed by atoms with E-state index in [0.29, 0.717) is 34.4 Å². The lowest BCUT2D eigenvalue weighted by Crippen LogP contribution is -2.39. The Labute approximate surface area is 412 Å². The van der Waals surface area contributed by atoms with Crippen molar-refractivity contribution in [2.45, 2.75) is 92.2 Å². The molecule has 0 aliphatic carbocycles. The Morgan fingerprint density at radius 2 is 1.16 bits per heavy atom. The van der Waals surface area contributed by atoms with Crippen molar-refractivity contribution in [3.05, 3.63) is 103 Å². The average Bonchev–Trinajstić information content (AvgIpc) is 3.90. The summed E-state index contributed by atoms with van der Waals surface area (Å²) in [6.45, 7) is 13.0. The van der Waals surface area contributed by atoms with Crippen LogP contribution in [0.5, 0.6) is 0 Å². The van der Waals surface area contributed by atoms with Crippen LogP contribution in [-0.2, 0) is 20.0 Å². The van der Waals surface area contributed by atoms with E-state index in [2.05, 4.69) is 48.4 Å². The third-order valence-electron chi connectivity index (χ3n) is 12.1. The van der Waals surface area contributed by atoms with E-state index >= 15 is 0 Å². The van der Waals surface area contributed by atoms with Crippen molar-refractivity contribution in [1.29, 1.82) is 0 Å². The highest BCUT2D eigenvalue weighted by atomic mass is 35.5. The Balaban J connectivity index is 0.000000188. The molecular weight excluding hydrogens is 968 g/mol. The zero-order valence-electron chi connectivity index (χ0n) is 40.4. The number of carboxylic acid groups (broad SMARTS) is 1. The number of aryl methyl sites for hydroxylation is 4. The van der Waals surface area contributed by atoms with Crippen LogP contribution >= 0.6 is 23.2 Å². The van der Waals surface area contributed by atoms with Crippen LogP contribution in [0.1, 0.15) is 116 Å². The minimum Gasteiger partial charge on any atom is -0.478 e. The van der Waals surface area contributed by atoms with Crippen LogP contribution in [0.3, 0.4) is 0 Å². The molecule has 0 unspecified atom stereocenters. The summed E-state index contributed by atoms with van der Waals surface area (Å²) in [5, 5.41) is 29.1. The molecule has 2 atom stereocenters. The molecule has 6 N–H and O–H groups in total. The maximum absolute atomic E-state index is 13.8. The van der Waals surface area contributed by atoms with Gasteiger partial charge in [0.05, 0.1) is 58.5 Å². The van der Waals surface area contributed by atoms with Gasteiger partial charge in [-0.1, -0.05) is 29.6 Å². The SMILES string of the molecule is CNc1c(C)c(C)nc2cc([C@@H]3CCCCN3)nn12.CNc1c(C)c(C)nc2cc([C@@H]3CCCCN3C(=O)c3cc(Cl)cc(C)c3NS(C)(=O)=O)nn12.Cc1cc(Cl)cc(C(=O)O)c1NS(C)(=O)=O. The highest BCUT2D eigenvalue weighted by molar-refractivity contribution is 7.92. The van der Waals surface area contributed by atoms with Crippen molar-refractivity contribution in [3.8, 4) is 0 Å². The van der Waals surface area contributed by atoms with E-state index in [1.54, 1.807) is 29.3 Å². The zero-order chi connectivity index (χ0) is 50.7. The van der Waals surface area contributed by atoms with Crippen LogP contribution in [0.4, 0.5) is 23.0 Å². The number of aromatic nitrogens is 6. The van der Waals surface area contributed by atoms with Gasteiger partial charge in [0.1, 0.15) is 11.6 Å². The lowest BCUT2D eigenvalue weighted by Gasteiger charge is -2.35. The first kappa shape index (κ1) is 52.6. The van der Waals surface area contributed by atoms with E-state index in [0.717, 1.165) is 95.9 Å². The first-order valence-electron chi connectivity index (χ1n) is 22.3. The highest BCUT2D eigenvalue weighted by Crippen LogP contribution is 2.36. The van der Waals surface area contributed by atoms with Gasteiger partial charge in [0.2, 0.25) is 20.0 Å². The predicted molar refractivity (Wildman–Crippen MR) is 273 cm³/mol. The summed E-state index contributed by atoms with van der Waals surface area (Å²) in [4.78, 5) is 35.8. The first-order chi connectivity index (χ1) is 32.4. The number of carboxylic acids is 1. The number of nitrogens with zero attached hydrogens (tertiary/aromatic N) is 7. The van der Waals surface area contributed by atoms with E-state index in [1.807, 2.05) is 45.4 Å². The lowest BCUT2D eigenvalue weighted by molar-refractivity contribution is 0.0606. The number of fused-ring (bicyclic) bond motifs is 2. The molecule has 2 saturated heterocycles. The number of hydrogen-bond donors (Lipinski definition) is 6. The van der Waals surface area contributed by atoms with Gasteiger partial charge >= 0.3 is 5.97 Å². The summed E-state index contributed by atoms with van der Waals surface area (Å²) in [7, 11) is -3.34. The highest BCUT2D eigenvalue weighted by Gasteiger charge is 2.33. The number of benzene rings is 2. The van der Waals surface area contributed by atoms with Crippen molar-refractivity contribution in [3.63, 3.8) is 0 Å². The quantitative estimate of drug-likeness (QED) is 0.0761. The normalized spacial score (nSPS) is 16.3. The van der Waals surface area contributed by atoms with Crippen LogP contribution in [-0.4, -0.2) is 108 Å². The maximum Gasteiger partial charge on any atom is 0.337 e. The molecule has 0 bridgehead atoms. The number of aromatic carboxylic acids is 1. The second kappa shape index (κ2) is 21.5. The molecule has 2 fully saturated rings. The molecule has 2 aliphatic heterocycles. The summed E-state index contributed by atoms with van der Waals surface area (Å²) in [6, 6.07) is 9.98. The largest absolute Gasteiger partial charge is 0.478 e. The molecule has 4 aromatic heterocycles. The fourth-order valence-corrected chi connectivity index (χ4v) is 10.4. The molecule has 23 heteroatoms. The molecule has 2 aliphatic rings. The number of amides is 1. The van der Waals surface area contributed by atoms with Crippen LogP contribution in [0, 0.1) is 41.5 Å². The number of hydrogen-bond acceptors (Lipinski definition) is 13. The maximum atomic E-state index is 13.8. The van der Waals surface area contributed by atoms with Gasteiger partial charge in [-0.15, -0.1) is 0 Å². The minimum atomic E-state index is -3.59. The summed E-state index contributed by atoms with van der Waals surface area (Å²) < 4.78 is 54.5. The number of anilines is 4. The molecule has 8 rings (SSSR count). The van der Waals surface area contributed by atoms with E-state index < -0.39 is 26.0 Å². The van der Waals surface area contributed by atoms with Gasteiger partial charge in [-0.05, 0) is 116 Å². The number of nitrogens with one attached hydrogen (secondary N) is 5. The molecule has 0 radical (unpaired) electrons. The standard InChI is InChI=1S/C23H29ClN6O3S.C14H21N5.C9H10ClNO4S/c1-13-10-16(24)11-17(21(13)28-34(5,32)33)23(31)29-9-7-6-8-19(29)18-12-20-26-15(3)14(2)22(25-4)30(20)27-18;1-9-10(2)17-13-8-12(11-6-4-5-7-16-11)18-19(13)14(9)15-3;1-5-3-6(10)4-7(9(12)13)8(5)11-16(2,14)15/h10-12,19,25,28H,6-9H2,1-5H3;8,11,15-16H,4-7H2,1-3H3;3-4,11H,1-2H3,(H,12,13)/t19-;11-;/m00./s1. The molecule has 0 spiro atoms. The zero-order valence-corrected chi connectivity index (χ0v) is 43.5.